The summed E-state index contributed by atoms with van der Waals surface area (Å²) in [4.78, 5) is 23.2. The number of halogens is 2. The first-order valence-electron chi connectivity index (χ1n) is 6.73. The predicted octanol–water partition coefficient (Wildman–Crippen LogP) is 3.76. The van der Waals surface area contributed by atoms with E-state index in [0.717, 1.165) is 12.8 Å². The molecule has 2 atom stereocenters. The van der Waals surface area contributed by atoms with Crippen molar-refractivity contribution in [3.63, 3.8) is 0 Å². The Morgan fingerprint density at radius 2 is 1.90 bits per heavy atom. The van der Waals surface area contributed by atoms with Crippen LogP contribution in [-0.2, 0) is 4.79 Å². The van der Waals surface area contributed by atoms with Gasteiger partial charge in [-0.1, -0.05) is 42.1 Å². The van der Waals surface area contributed by atoms with Gasteiger partial charge in [0, 0.05) is 6.04 Å². The van der Waals surface area contributed by atoms with Crippen molar-refractivity contribution in [1.29, 1.82) is 0 Å². The van der Waals surface area contributed by atoms with E-state index in [0.29, 0.717) is 23.6 Å². The third-order valence-corrected chi connectivity index (χ3v) is 4.42. The fourth-order valence-electron chi connectivity index (χ4n) is 2.53. The second kappa shape index (κ2) is 7.00. The average molecular weight is 331 g/mol. The molecule has 0 spiro atoms. The summed E-state index contributed by atoms with van der Waals surface area (Å²) in [5.41, 5.74) is 0.393. The van der Waals surface area contributed by atoms with E-state index in [1.807, 2.05) is 0 Å². The number of rotatable bonds is 3. The van der Waals surface area contributed by atoms with Crippen LogP contribution in [0.15, 0.2) is 18.2 Å². The smallest absolute Gasteiger partial charge is 0.319 e. The van der Waals surface area contributed by atoms with Crippen LogP contribution >= 0.6 is 23.2 Å². The quantitative estimate of drug-likeness (QED) is 0.789. The molecule has 5 nitrogen and oxygen atoms in total. The predicted molar refractivity (Wildman–Crippen MR) is 82.0 cm³/mol. The number of urea groups is 1. The highest BCUT2D eigenvalue weighted by molar-refractivity contribution is 6.43. The Morgan fingerprint density at radius 3 is 2.62 bits per heavy atom. The molecule has 1 saturated carbocycles. The molecule has 0 bridgehead atoms. The highest BCUT2D eigenvalue weighted by Crippen LogP contribution is 2.30. The molecular weight excluding hydrogens is 315 g/mol. The topological polar surface area (TPSA) is 78.4 Å². The van der Waals surface area contributed by atoms with Gasteiger partial charge in [-0.15, -0.1) is 0 Å². The van der Waals surface area contributed by atoms with Gasteiger partial charge in [0.1, 0.15) is 0 Å². The molecule has 2 unspecified atom stereocenters. The first-order chi connectivity index (χ1) is 9.99. The number of aliphatic carboxylic acids is 1. The normalized spacial score (nSPS) is 21.6. The van der Waals surface area contributed by atoms with Crippen LogP contribution in [-0.4, -0.2) is 23.1 Å². The highest BCUT2D eigenvalue weighted by atomic mass is 35.5. The number of anilines is 1. The lowest BCUT2D eigenvalue weighted by Gasteiger charge is -2.29. The molecule has 0 saturated heterocycles. The second-order valence-corrected chi connectivity index (χ2v) is 5.82. The zero-order chi connectivity index (χ0) is 15.4. The molecule has 21 heavy (non-hydrogen) atoms. The standard InChI is InChI=1S/C14H16Cl2N2O3/c15-9-5-3-7-11(12(9)16)18-14(21)17-10-6-2-1-4-8(10)13(19)20/h3,5,7-8,10H,1-2,4,6H2,(H,19,20)(H2,17,18,21). The third-order valence-electron chi connectivity index (χ3n) is 3.60. The van der Waals surface area contributed by atoms with Crippen molar-refractivity contribution in [2.75, 3.05) is 5.32 Å². The molecule has 1 aromatic rings. The Morgan fingerprint density at radius 1 is 1.19 bits per heavy atom. The summed E-state index contributed by atoms with van der Waals surface area (Å²) in [6.45, 7) is 0. The van der Waals surface area contributed by atoms with Crippen LogP contribution in [0.5, 0.6) is 0 Å². The molecule has 0 aliphatic heterocycles. The number of benzene rings is 1. The maximum atomic E-state index is 12.0. The first-order valence-corrected chi connectivity index (χ1v) is 7.49. The molecule has 2 rings (SSSR count). The molecule has 114 valence electrons. The van der Waals surface area contributed by atoms with E-state index in [-0.39, 0.29) is 11.1 Å². The van der Waals surface area contributed by atoms with Crippen molar-refractivity contribution >= 4 is 40.9 Å². The van der Waals surface area contributed by atoms with Crippen LogP contribution in [0.25, 0.3) is 0 Å². The molecule has 1 fully saturated rings. The Bertz CT molecular complexity index is 551. The summed E-state index contributed by atoms with van der Waals surface area (Å²) in [5, 5.41) is 15.1. The lowest BCUT2D eigenvalue weighted by atomic mass is 9.84. The molecule has 0 radical (unpaired) electrons. The van der Waals surface area contributed by atoms with Crippen molar-refractivity contribution in [3.05, 3.63) is 28.2 Å². The minimum atomic E-state index is -0.874. The minimum Gasteiger partial charge on any atom is -0.481 e. The van der Waals surface area contributed by atoms with Gasteiger partial charge in [-0.2, -0.15) is 0 Å². The number of carboxylic acids is 1. The van der Waals surface area contributed by atoms with Crippen molar-refractivity contribution in [2.45, 2.75) is 31.7 Å². The molecule has 0 aromatic heterocycles. The van der Waals surface area contributed by atoms with E-state index >= 15 is 0 Å². The number of carbonyl (C=O) groups excluding carboxylic acids is 1. The van der Waals surface area contributed by atoms with Gasteiger partial charge in [0.05, 0.1) is 21.7 Å². The lowest BCUT2D eigenvalue weighted by molar-refractivity contribution is -0.143. The summed E-state index contributed by atoms with van der Waals surface area (Å²) in [6.07, 6.45) is 3.02. The number of hydrogen-bond acceptors (Lipinski definition) is 2. The van der Waals surface area contributed by atoms with Gasteiger partial charge >= 0.3 is 12.0 Å². The zero-order valence-electron chi connectivity index (χ0n) is 11.2. The van der Waals surface area contributed by atoms with Gasteiger partial charge in [0.2, 0.25) is 0 Å². The second-order valence-electron chi connectivity index (χ2n) is 5.04. The number of amides is 2. The number of carbonyl (C=O) groups is 2. The lowest BCUT2D eigenvalue weighted by Crippen LogP contribution is -2.46. The first kappa shape index (κ1) is 15.9. The highest BCUT2D eigenvalue weighted by Gasteiger charge is 2.31. The SMILES string of the molecule is O=C(Nc1cccc(Cl)c1Cl)NC1CCCCC1C(=O)O. The minimum absolute atomic E-state index is 0.257. The molecule has 3 N–H and O–H groups in total. The largest absolute Gasteiger partial charge is 0.481 e. The molecule has 0 heterocycles. The van der Waals surface area contributed by atoms with Gasteiger partial charge in [-0.05, 0) is 25.0 Å². The van der Waals surface area contributed by atoms with E-state index in [4.69, 9.17) is 23.2 Å². The maximum absolute atomic E-state index is 12.0. The van der Waals surface area contributed by atoms with E-state index in [1.165, 1.54) is 0 Å². The third kappa shape index (κ3) is 4.02. The van der Waals surface area contributed by atoms with Crippen LogP contribution in [0.1, 0.15) is 25.7 Å². The van der Waals surface area contributed by atoms with Crippen molar-refractivity contribution in [1.82, 2.24) is 5.32 Å². The summed E-state index contributed by atoms with van der Waals surface area (Å²) < 4.78 is 0. The Labute approximate surface area is 132 Å². The Kier molecular flexibility index (Phi) is 5.31. The maximum Gasteiger partial charge on any atom is 0.319 e. The van der Waals surface area contributed by atoms with Gasteiger partial charge in [-0.3, -0.25) is 4.79 Å². The van der Waals surface area contributed by atoms with Crippen molar-refractivity contribution in [3.8, 4) is 0 Å². The van der Waals surface area contributed by atoms with E-state index in [2.05, 4.69) is 10.6 Å². The van der Waals surface area contributed by atoms with Gasteiger partial charge < -0.3 is 15.7 Å². The van der Waals surface area contributed by atoms with Gasteiger partial charge in [0.25, 0.3) is 0 Å². The summed E-state index contributed by atoms with van der Waals surface area (Å²) >= 11 is 11.9. The molecule has 1 aliphatic carbocycles. The number of carboxylic acid groups (broad SMARTS) is 1. The van der Waals surface area contributed by atoms with Gasteiger partial charge in [0.15, 0.2) is 0 Å². The van der Waals surface area contributed by atoms with Crippen LogP contribution < -0.4 is 10.6 Å². The number of nitrogens with one attached hydrogen (secondary N) is 2. The van der Waals surface area contributed by atoms with Crippen LogP contribution in [0.2, 0.25) is 10.0 Å². The average Bonchev–Trinajstić information content (AvgIpc) is 2.44. The van der Waals surface area contributed by atoms with Crippen LogP contribution in [0.4, 0.5) is 10.5 Å². The molecular formula is C14H16Cl2N2O3. The molecule has 1 aliphatic rings. The Hall–Kier alpha value is -1.46. The molecule has 7 heteroatoms. The number of hydrogen-bond donors (Lipinski definition) is 3. The van der Waals surface area contributed by atoms with Crippen molar-refractivity contribution < 1.29 is 14.7 Å². The summed E-state index contributed by atoms with van der Waals surface area (Å²) in [7, 11) is 0. The van der Waals surface area contributed by atoms with Gasteiger partial charge in [-0.25, -0.2) is 4.79 Å². The van der Waals surface area contributed by atoms with Crippen molar-refractivity contribution in [2.24, 2.45) is 5.92 Å². The van der Waals surface area contributed by atoms with E-state index in [9.17, 15) is 14.7 Å². The molecule has 2 amide bonds. The monoisotopic (exact) mass is 330 g/mol. The Balaban J connectivity index is 2.00. The van der Waals surface area contributed by atoms with Crippen LogP contribution in [0.3, 0.4) is 0 Å². The van der Waals surface area contributed by atoms with Crippen LogP contribution in [0, 0.1) is 5.92 Å². The van der Waals surface area contributed by atoms with E-state index < -0.39 is 17.9 Å². The van der Waals surface area contributed by atoms with E-state index in [1.54, 1.807) is 18.2 Å². The zero-order valence-corrected chi connectivity index (χ0v) is 12.7. The summed E-state index contributed by atoms with van der Waals surface area (Å²) in [5.74, 6) is -1.42. The fraction of sp³-hybridized carbons (Fsp3) is 0.429. The fourth-order valence-corrected chi connectivity index (χ4v) is 2.87. The summed E-state index contributed by atoms with van der Waals surface area (Å²) in [6, 6.07) is 4.08. The molecule has 1 aromatic carbocycles.